The van der Waals surface area contributed by atoms with Gasteiger partial charge in [0, 0.05) is 12.3 Å². The normalized spacial score (nSPS) is 17.7. The fourth-order valence-electron chi connectivity index (χ4n) is 3.07. The first-order valence-corrected chi connectivity index (χ1v) is 11.0. The van der Waals surface area contributed by atoms with Crippen molar-refractivity contribution in [2.45, 2.75) is 44.5 Å². The number of carboxylic acid groups (broad SMARTS) is 1. The number of benzene rings is 1. The number of aliphatic carboxylic acids is 1. The van der Waals surface area contributed by atoms with Gasteiger partial charge < -0.3 is 20.5 Å². The average Bonchev–Trinajstić information content (AvgIpc) is 3.22. The molecule has 164 valence electrons. The number of carboxylic acids is 1. The average molecular weight is 438 g/mol. The van der Waals surface area contributed by atoms with E-state index in [1.54, 1.807) is 6.26 Å². The standard InChI is InChI=1S/C20H27N3O6S/c1-13(17(24)22-15(12-30-2)19(26)27)21-18(25)16-9-6-10-23(16)20(28)29-11-14-7-4-3-5-8-14/h3-5,7-8,13,15-16H,6,9-12H2,1-2H3,(H,21,25)(H,22,24)(H,26,27)/t13-,15+,16-/m0/s1. The third-order valence-electron chi connectivity index (χ3n) is 4.70. The van der Waals surface area contributed by atoms with E-state index in [1.165, 1.54) is 23.6 Å². The van der Waals surface area contributed by atoms with Gasteiger partial charge in [-0.1, -0.05) is 30.3 Å². The van der Waals surface area contributed by atoms with Gasteiger partial charge in [-0.05, 0) is 31.6 Å². The topological polar surface area (TPSA) is 125 Å². The van der Waals surface area contributed by atoms with Gasteiger partial charge in [0.2, 0.25) is 11.8 Å². The summed E-state index contributed by atoms with van der Waals surface area (Å²) in [5.41, 5.74) is 0.842. The molecule has 2 rings (SSSR count). The molecule has 0 spiro atoms. The van der Waals surface area contributed by atoms with E-state index in [-0.39, 0.29) is 12.4 Å². The number of likely N-dealkylation sites (tertiary alicyclic amines) is 1. The summed E-state index contributed by atoms with van der Waals surface area (Å²) in [6.45, 7) is 1.97. The lowest BCUT2D eigenvalue weighted by molar-refractivity contribution is -0.141. The van der Waals surface area contributed by atoms with E-state index in [4.69, 9.17) is 9.84 Å². The highest BCUT2D eigenvalue weighted by Crippen LogP contribution is 2.19. The Morgan fingerprint density at radius 3 is 2.57 bits per heavy atom. The lowest BCUT2D eigenvalue weighted by Gasteiger charge is -2.25. The van der Waals surface area contributed by atoms with Crippen molar-refractivity contribution in [2.75, 3.05) is 18.6 Å². The van der Waals surface area contributed by atoms with Gasteiger partial charge in [-0.3, -0.25) is 14.5 Å². The molecule has 1 aromatic carbocycles. The van der Waals surface area contributed by atoms with E-state index in [0.29, 0.717) is 19.4 Å². The Kier molecular flexibility index (Phi) is 8.97. The molecule has 1 fully saturated rings. The maximum atomic E-state index is 12.6. The van der Waals surface area contributed by atoms with Crippen LogP contribution in [0.4, 0.5) is 4.79 Å². The maximum absolute atomic E-state index is 12.6. The zero-order chi connectivity index (χ0) is 22.1. The number of carbonyl (C=O) groups excluding carboxylic acids is 3. The second kappa shape index (κ2) is 11.4. The van der Waals surface area contributed by atoms with E-state index in [1.807, 2.05) is 30.3 Å². The molecule has 0 aliphatic carbocycles. The lowest BCUT2D eigenvalue weighted by atomic mass is 10.2. The van der Waals surface area contributed by atoms with Crippen LogP contribution in [-0.2, 0) is 25.7 Å². The van der Waals surface area contributed by atoms with Gasteiger partial charge in [-0.2, -0.15) is 11.8 Å². The molecule has 1 heterocycles. The van der Waals surface area contributed by atoms with Crippen molar-refractivity contribution < 1.29 is 29.0 Å². The van der Waals surface area contributed by atoms with Crippen molar-refractivity contribution in [1.29, 1.82) is 0 Å². The van der Waals surface area contributed by atoms with Gasteiger partial charge in [-0.25, -0.2) is 9.59 Å². The third-order valence-corrected chi connectivity index (χ3v) is 5.36. The molecular weight excluding hydrogens is 410 g/mol. The van der Waals surface area contributed by atoms with Gasteiger partial charge in [0.15, 0.2) is 0 Å². The van der Waals surface area contributed by atoms with Gasteiger partial charge in [-0.15, -0.1) is 0 Å². The molecule has 3 N–H and O–H groups in total. The predicted molar refractivity (Wildman–Crippen MR) is 112 cm³/mol. The van der Waals surface area contributed by atoms with E-state index < -0.39 is 42.0 Å². The summed E-state index contributed by atoms with van der Waals surface area (Å²) < 4.78 is 5.31. The molecule has 1 aliphatic rings. The van der Waals surface area contributed by atoms with Crippen LogP contribution in [0.5, 0.6) is 0 Å². The minimum absolute atomic E-state index is 0.106. The predicted octanol–water partition coefficient (Wildman–Crippen LogP) is 1.22. The number of amides is 3. The van der Waals surface area contributed by atoms with E-state index in [0.717, 1.165) is 5.56 Å². The van der Waals surface area contributed by atoms with Crippen LogP contribution < -0.4 is 10.6 Å². The van der Waals surface area contributed by atoms with Crippen LogP contribution in [0, 0.1) is 0 Å². The van der Waals surface area contributed by atoms with Crippen molar-refractivity contribution in [3.05, 3.63) is 35.9 Å². The number of hydrogen-bond donors (Lipinski definition) is 3. The molecule has 9 nitrogen and oxygen atoms in total. The zero-order valence-electron chi connectivity index (χ0n) is 17.0. The largest absolute Gasteiger partial charge is 0.480 e. The van der Waals surface area contributed by atoms with Crippen LogP contribution in [0.2, 0.25) is 0 Å². The first kappa shape index (κ1) is 23.5. The molecule has 1 saturated heterocycles. The monoisotopic (exact) mass is 437 g/mol. The highest BCUT2D eigenvalue weighted by molar-refractivity contribution is 7.98. The van der Waals surface area contributed by atoms with E-state index in [2.05, 4.69) is 10.6 Å². The summed E-state index contributed by atoms with van der Waals surface area (Å²) in [6.07, 6.45) is 2.26. The van der Waals surface area contributed by atoms with Crippen LogP contribution in [-0.4, -0.2) is 70.6 Å². The number of thioether (sulfide) groups is 1. The molecule has 0 aromatic heterocycles. The maximum Gasteiger partial charge on any atom is 0.410 e. The molecule has 1 aromatic rings. The van der Waals surface area contributed by atoms with Crippen LogP contribution in [0.15, 0.2) is 30.3 Å². The Bertz CT molecular complexity index is 760. The second-order valence-corrected chi connectivity index (χ2v) is 7.89. The Labute approximate surface area is 179 Å². The molecule has 3 atom stereocenters. The Morgan fingerprint density at radius 1 is 1.23 bits per heavy atom. The zero-order valence-corrected chi connectivity index (χ0v) is 17.8. The van der Waals surface area contributed by atoms with E-state index >= 15 is 0 Å². The Morgan fingerprint density at radius 2 is 1.93 bits per heavy atom. The number of ether oxygens (including phenoxy) is 1. The van der Waals surface area contributed by atoms with Gasteiger partial charge in [0.1, 0.15) is 24.7 Å². The summed E-state index contributed by atoms with van der Waals surface area (Å²) in [4.78, 5) is 49.9. The van der Waals surface area contributed by atoms with Crippen LogP contribution in [0.1, 0.15) is 25.3 Å². The molecule has 0 saturated carbocycles. The van der Waals surface area contributed by atoms with Crippen LogP contribution in [0.25, 0.3) is 0 Å². The third kappa shape index (κ3) is 6.65. The lowest BCUT2D eigenvalue weighted by Crippen LogP contribution is -2.54. The molecule has 3 amide bonds. The molecule has 30 heavy (non-hydrogen) atoms. The van der Waals surface area contributed by atoms with Crippen molar-refractivity contribution in [1.82, 2.24) is 15.5 Å². The SMILES string of the molecule is CSC[C@@H](NC(=O)[C@H](C)NC(=O)[C@@H]1CCCN1C(=O)OCc1ccccc1)C(=O)O. The summed E-state index contributed by atoms with van der Waals surface area (Å²) in [5, 5.41) is 14.1. The Balaban J connectivity index is 1.88. The molecule has 0 radical (unpaired) electrons. The number of nitrogens with zero attached hydrogens (tertiary/aromatic N) is 1. The number of rotatable bonds is 9. The van der Waals surface area contributed by atoms with Gasteiger partial charge in [0.25, 0.3) is 0 Å². The number of hydrogen-bond acceptors (Lipinski definition) is 6. The quantitative estimate of drug-likeness (QED) is 0.530. The van der Waals surface area contributed by atoms with Crippen LogP contribution >= 0.6 is 11.8 Å². The second-order valence-electron chi connectivity index (χ2n) is 6.98. The number of nitrogens with one attached hydrogen (secondary N) is 2. The minimum atomic E-state index is -1.14. The summed E-state index contributed by atoms with van der Waals surface area (Å²) in [7, 11) is 0. The fourth-order valence-corrected chi connectivity index (χ4v) is 3.63. The summed E-state index contributed by atoms with van der Waals surface area (Å²) in [5.74, 6) is -1.99. The van der Waals surface area contributed by atoms with Crippen molar-refractivity contribution in [3.63, 3.8) is 0 Å². The van der Waals surface area contributed by atoms with Gasteiger partial charge >= 0.3 is 12.1 Å². The highest BCUT2D eigenvalue weighted by Gasteiger charge is 2.36. The first-order valence-electron chi connectivity index (χ1n) is 9.63. The van der Waals surface area contributed by atoms with Crippen molar-refractivity contribution >= 4 is 35.6 Å². The Hall–Kier alpha value is -2.75. The minimum Gasteiger partial charge on any atom is -0.480 e. The smallest absolute Gasteiger partial charge is 0.410 e. The van der Waals surface area contributed by atoms with E-state index in [9.17, 15) is 19.2 Å². The summed E-state index contributed by atoms with van der Waals surface area (Å²) in [6, 6.07) is 6.51. The van der Waals surface area contributed by atoms with Crippen LogP contribution in [0.3, 0.4) is 0 Å². The summed E-state index contributed by atoms with van der Waals surface area (Å²) >= 11 is 1.29. The molecular formula is C20H27N3O6S. The first-order chi connectivity index (χ1) is 14.3. The highest BCUT2D eigenvalue weighted by atomic mass is 32.2. The fraction of sp³-hybridized carbons (Fsp3) is 0.500. The molecule has 0 bridgehead atoms. The van der Waals surface area contributed by atoms with Crippen molar-refractivity contribution in [3.8, 4) is 0 Å². The molecule has 0 unspecified atom stereocenters. The van der Waals surface area contributed by atoms with Crippen molar-refractivity contribution in [2.24, 2.45) is 0 Å². The number of carbonyl (C=O) groups is 4. The molecule has 1 aliphatic heterocycles. The van der Waals surface area contributed by atoms with Gasteiger partial charge in [0.05, 0.1) is 0 Å². The molecule has 10 heteroatoms.